The Kier molecular flexibility index (Phi) is 24.0. The van der Waals surface area contributed by atoms with Gasteiger partial charge in [0.05, 0.1) is 55.9 Å². The molecule has 79 heavy (non-hydrogen) atoms. The molecule has 25 heteroatoms. The first-order chi connectivity index (χ1) is 38.1. The summed E-state index contributed by atoms with van der Waals surface area (Å²) in [6.45, 7) is 3.13. The number of aliphatic hydroxyl groups excluding tert-OH is 3. The lowest BCUT2D eigenvalue weighted by molar-refractivity contribution is -0.384. The molecule has 1 aliphatic heterocycles. The van der Waals surface area contributed by atoms with Gasteiger partial charge in [-0.1, -0.05) is 23.8 Å². The van der Waals surface area contributed by atoms with Gasteiger partial charge in [-0.2, -0.15) is 10.2 Å². The smallest absolute Gasteiger partial charge is 0.269 e. The summed E-state index contributed by atoms with van der Waals surface area (Å²) in [6.07, 6.45) is 0.497. The van der Waals surface area contributed by atoms with Crippen LogP contribution in [0, 0.1) is 10.1 Å². The van der Waals surface area contributed by atoms with Gasteiger partial charge in [-0.05, 0) is 113 Å². The van der Waals surface area contributed by atoms with Crippen molar-refractivity contribution >= 4 is 45.9 Å². The fourth-order valence-electron chi connectivity index (χ4n) is 8.16. The number of carbonyl (C=O) groups excluding carboxylic acids is 2. The molecule has 6 atom stereocenters. The highest BCUT2D eigenvalue weighted by Crippen LogP contribution is 2.41. The summed E-state index contributed by atoms with van der Waals surface area (Å²) in [5, 5.41) is 74.1. The first-order valence-electron chi connectivity index (χ1n) is 26.1. The summed E-state index contributed by atoms with van der Waals surface area (Å²) in [7, 11) is 8.94. The van der Waals surface area contributed by atoms with Crippen LogP contribution in [-0.4, -0.2) is 157 Å². The first-order valence-corrected chi connectivity index (χ1v) is 26.1. The van der Waals surface area contributed by atoms with Crippen LogP contribution in [0.2, 0.25) is 0 Å². The van der Waals surface area contributed by atoms with E-state index in [-0.39, 0.29) is 30.7 Å². The third-order valence-electron chi connectivity index (χ3n) is 12.8. The van der Waals surface area contributed by atoms with Gasteiger partial charge >= 0.3 is 0 Å². The minimum atomic E-state index is -1.52. The molecule has 1 aromatic heterocycles. The molecule has 4 aromatic carbocycles. The average Bonchev–Trinajstić information content (AvgIpc) is 3.91. The van der Waals surface area contributed by atoms with Crippen molar-refractivity contribution in [2.75, 3.05) is 73.1 Å². The van der Waals surface area contributed by atoms with Gasteiger partial charge in [0.2, 0.25) is 18.1 Å². The van der Waals surface area contributed by atoms with E-state index in [0.717, 1.165) is 30.6 Å². The number of benzene rings is 4. The molecule has 0 aliphatic carbocycles. The van der Waals surface area contributed by atoms with Gasteiger partial charge in [0.25, 0.3) is 5.69 Å². The van der Waals surface area contributed by atoms with Gasteiger partial charge in [0.15, 0.2) is 0 Å². The number of nitro benzene ring substituents is 1. The first kappa shape index (κ1) is 60.7. The largest absolute Gasteiger partial charge is 0.494 e. The Balaban J connectivity index is 0.843. The zero-order valence-corrected chi connectivity index (χ0v) is 45.3. The molecule has 6 rings (SSSR count). The number of rotatable bonds is 32. The molecule has 1 saturated heterocycles. The maximum Gasteiger partial charge on any atom is 0.269 e. The summed E-state index contributed by atoms with van der Waals surface area (Å²) in [4.78, 5) is 39.7. The Hall–Kier alpha value is -7.52. The lowest BCUT2D eigenvalue weighted by atomic mass is 9.99. The quantitative estimate of drug-likeness (QED) is 0.0125. The molecule has 1 fully saturated rings. The number of nitro groups is 1. The highest BCUT2D eigenvalue weighted by Gasteiger charge is 2.45. The van der Waals surface area contributed by atoms with E-state index in [2.05, 4.69) is 46.3 Å². The van der Waals surface area contributed by atoms with Crippen molar-refractivity contribution < 1.29 is 53.5 Å². The van der Waals surface area contributed by atoms with Crippen LogP contribution in [0.15, 0.2) is 112 Å². The summed E-state index contributed by atoms with van der Waals surface area (Å²) >= 11 is 0. The van der Waals surface area contributed by atoms with E-state index in [1.165, 1.54) is 38.5 Å². The lowest BCUT2D eigenvalue weighted by Crippen LogP contribution is -2.60. The molecule has 7 N–H and O–H groups in total. The second kappa shape index (κ2) is 31.2. The number of nitrogens with one attached hydrogen (secondary N) is 2. The third-order valence-corrected chi connectivity index (χ3v) is 12.8. The topological polar surface area (TPSA) is 321 Å². The number of carbonyl (C=O) groups is 2. The second-order valence-electron chi connectivity index (χ2n) is 19.2. The molecule has 0 bridgehead atoms. The molecule has 0 radical (unpaired) electrons. The molecular formula is C54H73N13O12. The Morgan fingerprint density at radius 1 is 0.823 bits per heavy atom. The predicted octanol–water partition coefficient (Wildman–Crippen LogP) is 5.97. The lowest BCUT2D eigenvalue weighted by Gasteiger charge is -2.40. The van der Waals surface area contributed by atoms with E-state index < -0.39 is 41.7 Å². The van der Waals surface area contributed by atoms with Crippen molar-refractivity contribution in [3.05, 3.63) is 112 Å². The van der Waals surface area contributed by atoms with Crippen molar-refractivity contribution in [2.24, 2.45) is 26.2 Å². The van der Waals surface area contributed by atoms with E-state index >= 15 is 0 Å². The van der Waals surface area contributed by atoms with Crippen LogP contribution in [0.4, 0.5) is 34.1 Å². The molecule has 25 nitrogen and oxygen atoms in total. The van der Waals surface area contributed by atoms with Crippen LogP contribution in [0.25, 0.3) is 0 Å². The number of hydrogen-bond donors (Lipinski definition) is 6. The standard InChI is InChI=1S/C54H73N13O12/c1-64(2)27-7-6-11-43(55)53(72)57-33-39-34-66(63-60-39)29-8-9-30-77-35-48-50(69)51(70)52(71)54(79-48)78-42-23-13-36(14-24-42)25-26-56-49(68)12-10-28-65(3)40-19-15-37(16-20-40)58-61-44-31-47(76-5)45(32-46(44)75-4)62-59-38-17-21-41(22-18-38)67(73)74/h13-24,31-32,34,43,48,50-52,54,69-71H,6-12,25-30,33,35,55H2,1-5H3,(H,56,68)(H,57,72)/t43-,48+,50+,51-,52+,54+/m0/s1. The molecule has 1 aliphatic rings. The van der Waals surface area contributed by atoms with E-state index in [4.69, 9.17) is 29.4 Å². The number of ether oxygens (including phenoxy) is 5. The second-order valence-corrected chi connectivity index (χ2v) is 19.2. The fourth-order valence-corrected chi connectivity index (χ4v) is 8.16. The number of anilines is 1. The highest BCUT2D eigenvalue weighted by atomic mass is 16.7. The zero-order chi connectivity index (χ0) is 56.7. The predicted molar refractivity (Wildman–Crippen MR) is 293 cm³/mol. The number of unbranched alkanes of at least 4 members (excludes halogenated alkanes) is 2. The van der Waals surface area contributed by atoms with Gasteiger partial charge in [-0.15, -0.1) is 15.3 Å². The number of nitrogens with two attached hydrogens (primary N) is 1. The van der Waals surface area contributed by atoms with Crippen LogP contribution in [-0.2, 0) is 38.6 Å². The van der Waals surface area contributed by atoms with Gasteiger partial charge in [0, 0.05) is 69.7 Å². The van der Waals surface area contributed by atoms with Crippen LogP contribution in [0.5, 0.6) is 17.2 Å². The van der Waals surface area contributed by atoms with E-state index in [1.54, 1.807) is 35.1 Å². The van der Waals surface area contributed by atoms with E-state index in [9.17, 15) is 35.0 Å². The molecule has 0 saturated carbocycles. The van der Waals surface area contributed by atoms with Crippen molar-refractivity contribution in [1.29, 1.82) is 0 Å². The van der Waals surface area contributed by atoms with Crippen LogP contribution < -0.4 is 35.5 Å². The number of aryl methyl sites for hydroxylation is 1. The van der Waals surface area contributed by atoms with Gasteiger partial charge in [-0.3, -0.25) is 24.4 Å². The zero-order valence-electron chi connectivity index (χ0n) is 45.3. The summed E-state index contributed by atoms with van der Waals surface area (Å²) in [6, 6.07) is 22.9. The number of azo groups is 2. The third kappa shape index (κ3) is 19.4. The summed E-state index contributed by atoms with van der Waals surface area (Å²) < 4.78 is 30.3. The molecule has 2 heterocycles. The maximum absolute atomic E-state index is 12.7. The van der Waals surface area contributed by atoms with E-state index in [1.807, 2.05) is 62.4 Å². The molecule has 2 amide bonds. The molecule has 0 unspecified atom stereocenters. The number of hydrogen-bond acceptors (Lipinski definition) is 21. The average molecular weight is 1100 g/mol. The SMILES string of the molecule is COc1cc(N=Nc2ccc([N+](=O)[O-])cc2)c(OC)cc1N=Nc1ccc(N(C)CCCC(=O)NCCc2ccc(O[C@@H]3O[C@H](COCCCCn4cc(CNC(=O)[C@@H](N)CCCCN(C)C)nn4)[C@@H](O)[C@H](O)[C@H]3O)cc2)cc1. The summed E-state index contributed by atoms with van der Waals surface area (Å²) in [5.74, 6) is 0.846. The molecular weight excluding hydrogens is 1020 g/mol. The minimum Gasteiger partial charge on any atom is -0.494 e. The van der Waals surface area contributed by atoms with Gasteiger partial charge < -0.3 is 65.2 Å². The van der Waals surface area contributed by atoms with Crippen molar-refractivity contribution in [2.45, 2.75) is 101 Å². The Labute approximate surface area is 458 Å². The van der Waals surface area contributed by atoms with Gasteiger partial charge in [-0.25, -0.2) is 0 Å². The number of aliphatic hydroxyl groups is 3. The van der Waals surface area contributed by atoms with Gasteiger partial charge in [0.1, 0.15) is 58.7 Å². The number of non-ortho nitro benzene ring substituents is 1. The minimum absolute atomic E-state index is 0.0400. The number of nitrogens with zero attached hydrogens (tertiary/aromatic N) is 10. The molecule has 0 spiro atoms. The van der Waals surface area contributed by atoms with Crippen LogP contribution in [0.3, 0.4) is 0 Å². The molecule has 5 aromatic rings. The van der Waals surface area contributed by atoms with Crippen LogP contribution >= 0.6 is 0 Å². The monoisotopic (exact) mass is 1100 g/mol. The molecule has 426 valence electrons. The number of methoxy groups -OCH3 is 2. The highest BCUT2D eigenvalue weighted by molar-refractivity contribution is 5.81. The van der Waals surface area contributed by atoms with Crippen molar-refractivity contribution in [3.8, 4) is 17.2 Å². The van der Waals surface area contributed by atoms with Crippen molar-refractivity contribution in [1.82, 2.24) is 30.5 Å². The van der Waals surface area contributed by atoms with Crippen molar-refractivity contribution in [3.63, 3.8) is 0 Å². The summed E-state index contributed by atoms with van der Waals surface area (Å²) in [5.41, 5.74) is 10.3. The Morgan fingerprint density at radius 2 is 1.48 bits per heavy atom. The van der Waals surface area contributed by atoms with Crippen LogP contribution in [0.1, 0.15) is 56.2 Å². The Morgan fingerprint density at radius 3 is 2.11 bits per heavy atom. The number of amides is 2. The normalized spacial score (nSPS) is 17.7. The maximum atomic E-state index is 12.7. The fraction of sp³-hybridized carbons (Fsp3) is 0.481. The Bertz CT molecular complexity index is 2750. The number of aromatic nitrogens is 3. The van der Waals surface area contributed by atoms with E-state index in [0.29, 0.717) is 110 Å².